The Morgan fingerprint density at radius 2 is 1.58 bits per heavy atom. The lowest BCUT2D eigenvalue weighted by Gasteiger charge is -2.18. The van der Waals surface area contributed by atoms with E-state index in [1.165, 1.54) is 23.3 Å². The standard InChI is InChI=1S/C20H25FN2S/c1-4-14(2)17-7-9-18(10-8-17)15(3)23-20(24)22-13-16-5-11-19(21)12-6-16/h5-12,14-15H,4,13H2,1-3H3,(H2,22,23,24)/t14-,15+/m0/s1. The number of hydrogen-bond donors (Lipinski definition) is 2. The Morgan fingerprint density at radius 1 is 1.00 bits per heavy atom. The van der Waals surface area contributed by atoms with Gasteiger partial charge in [0.15, 0.2) is 5.11 Å². The van der Waals surface area contributed by atoms with E-state index < -0.39 is 0 Å². The van der Waals surface area contributed by atoms with Crippen LogP contribution in [0.15, 0.2) is 48.5 Å². The number of halogens is 1. The van der Waals surface area contributed by atoms with Crippen molar-refractivity contribution in [3.63, 3.8) is 0 Å². The fourth-order valence-corrected chi connectivity index (χ4v) is 2.71. The summed E-state index contributed by atoms with van der Waals surface area (Å²) in [6.45, 7) is 7.11. The minimum atomic E-state index is -0.228. The molecule has 2 aromatic rings. The second kappa shape index (κ2) is 8.78. The normalized spacial score (nSPS) is 13.2. The molecule has 128 valence electrons. The molecule has 2 aromatic carbocycles. The van der Waals surface area contributed by atoms with Gasteiger partial charge in [0.1, 0.15) is 5.82 Å². The van der Waals surface area contributed by atoms with Gasteiger partial charge in [0.2, 0.25) is 0 Å². The molecule has 2 N–H and O–H groups in total. The minimum Gasteiger partial charge on any atom is -0.359 e. The SMILES string of the molecule is CC[C@H](C)c1ccc([C@@H](C)NC(=S)NCc2ccc(F)cc2)cc1. The first kappa shape index (κ1) is 18.4. The molecule has 4 heteroatoms. The van der Waals surface area contributed by atoms with Crippen LogP contribution in [0.4, 0.5) is 4.39 Å². The van der Waals surface area contributed by atoms with Crippen LogP contribution in [-0.4, -0.2) is 5.11 Å². The zero-order valence-electron chi connectivity index (χ0n) is 14.5. The fourth-order valence-electron chi connectivity index (χ4n) is 2.46. The minimum absolute atomic E-state index is 0.129. The van der Waals surface area contributed by atoms with Gasteiger partial charge in [0.25, 0.3) is 0 Å². The van der Waals surface area contributed by atoms with Gasteiger partial charge in [-0.25, -0.2) is 4.39 Å². The lowest BCUT2D eigenvalue weighted by atomic mass is 9.96. The van der Waals surface area contributed by atoms with Crippen molar-refractivity contribution in [2.24, 2.45) is 0 Å². The molecule has 0 amide bonds. The van der Waals surface area contributed by atoms with Crippen molar-refractivity contribution in [3.8, 4) is 0 Å². The third kappa shape index (κ3) is 5.31. The Kier molecular flexibility index (Phi) is 6.73. The third-order valence-electron chi connectivity index (χ3n) is 4.33. The van der Waals surface area contributed by atoms with Crippen molar-refractivity contribution >= 4 is 17.3 Å². The number of nitrogens with one attached hydrogen (secondary N) is 2. The van der Waals surface area contributed by atoms with Gasteiger partial charge in [0, 0.05) is 6.54 Å². The Labute approximate surface area is 149 Å². The molecular weight excluding hydrogens is 319 g/mol. The lowest BCUT2D eigenvalue weighted by molar-refractivity contribution is 0.626. The summed E-state index contributed by atoms with van der Waals surface area (Å²) < 4.78 is 12.9. The van der Waals surface area contributed by atoms with Crippen molar-refractivity contribution in [2.45, 2.75) is 45.7 Å². The van der Waals surface area contributed by atoms with Crippen molar-refractivity contribution in [1.82, 2.24) is 10.6 Å². The topological polar surface area (TPSA) is 24.1 Å². The summed E-state index contributed by atoms with van der Waals surface area (Å²) in [4.78, 5) is 0. The maximum atomic E-state index is 12.9. The summed E-state index contributed by atoms with van der Waals surface area (Å²) in [5.74, 6) is 0.356. The molecule has 0 unspecified atom stereocenters. The van der Waals surface area contributed by atoms with Crippen molar-refractivity contribution < 1.29 is 4.39 Å². The first-order valence-corrected chi connectivity index (χ1v) is 8.79. The molecular formula is C20H25FN2S. The van der Waals surface area contributed by atoms with E-state index in [0.717, 1.165) is 12.0 Å². The van der Waals surface area contributed by atoms with Crippen LogP contribution in [0, 0.1) is 5.82 Å². The number of hydrogen-bond acceptors (Lipinski definition) is 1. The summed E-state index contributed by atoms with van der Waals surface area (Å²) in [6.07, 6.45) is 1.14. The van der Waals surface area contributed by atoms with Gasteiger partial charge in [-0.2, -0.15) is 0 Å². The second-order valence-corrected chi connectivity index (χ2v) is 6.56. The van der Waals surface area contributed by atoms with Crippen LogP contribution in [-0.2, 0) is 6.54 Å². The van der Waals surface area contributed by atoms with Gasteiger partial charge in [0.05, 0.1) is 6.04 Å². The first-order chi connectivity index (χ1) is 11.5. The van der Waals surface area contributed by atoms with Gasteiger partial charge in [-0.05, 0) is 60.3 Å². The monoisotopic (exact) mass is 344 g/mol. The summed E-state index contributed by atoms with van der Waals surface area (Å²) in [6, 6.07) is 15.2. The largest absolute Gasteiger partial charge is 0.359 e. The molecule has 0 saturated carbocycles. The van der Waals surface area contributed by atoms with Crippen LogP contribution in [0.5, 0.6) is 0 Å². The van der Waals surface area contributed by atoms with Crippen LogP contribution >= 0.6 is 12.2 Å². The Balaban J connectivity index is 1.85. The van der Waals surface area contributed by atoms with Gasteiger partial charge in [-0.1, -0.05) is 50.2 Å². The molecule has 0 radical (unpaired) electrons. The van der Waals surface area contributed by atoms with E-state index in [1.54, 1.807) is 12.1 Å². The number of benzene rings is 2. The van der Waals surface area contributed by atoms with E-state index in [9.17, 15) is 4.39 Å². The van der Waals surface area contributed by atoms with E-state index in [1.807, 2.05) is 0 Å². The highest BCUT2D eigenvalue weighted by Gasteiger charge is 2.08. The molecule has 0 aliphatic rings. The molecule has 2 rings (SSSR count). The third-order valence-corrected chi connectivity index (χ3v) is 4.59. The zero-order valence-corrected chi connectivity index (χ0v) is 15.3. The molecule has 0 saturated heterocycles. The van der Waals surface area contributed by atoms with Crippen LogP contribution in [0.1, 0.15) is 55.8 Å². The number of rotatable bonds is 6. The molecule has 0 aliphatic heterocycles. The van der Waals surface area contributed by atoms with E-state index in [2.05, 4.69) is 55.7 Å². The lowest BCUT2D eigenvalue weighted by Crippen LogP contribution is -2.36. The highest BCUT2D eigenvalue weighted by Crippen LogP contribution is 2.21. The van der Waals surface area contributed by atoms with Gasteiger partial charge in [-0.3, -0.25) is 0 Å². The maximum absolute atomic E-state index is 12.9. The summed E-state index contributed by atoms with van der Waals surface area (Å²) >= 11 is 5.34. The van der Waals surface area contributed by atoms with E-state index in [-0.39, 0.29) is 11.9 Å². The molecule has 0 aromatic heterocycles. The Morgan fingerprint density at radius 3 is 2.17 bits per heavy atom. The fraction of sp³-hybridized carbons (Fsp3) is 0.350. The average Bonchev–Trinajstić information content (AvgIpc) is 2.60. The quantitative estimate of drug-likeness (QED) is 0.716. The molecule has 0 heterocycles. The Bertz CT molecular complexity index is 652. The predicted octanol–water partition coefficient (Wildman–Crippen LogP) is 5.06. The smallest absolute Gasteiger partial charge is 0.167 e. The van der Waals surface area contributed by atoms with Crippen molar-refractivity contribution in [1.29, 1.82) is 0 Å². The molecule has 0 spiro atoms. The second-order valence-electron chi connectivity index (χ2n) is 6.15. The van der Waals surface area contributed by atoms with E-state index >= 15 is 0 Å². The predicted molar refractivity (Wildman–Crippen MR) is 103 cm³/mol. The van der Waals surface area contributed by atoms with Crippen molar-refractivity contribution in [2.75, 3.05) is 0 Å². The first-order valence-electron chi connectivity index (χ1n) is 8.38. The summed E-state index contributed by atoms with van der Waals surface area (Å²) in [5, 5.41) is 7.04. The molecule has 0 aliphatic carbocycles. The zero-order chi connectivity index (χ0) is 17.5. The number of thiocarbonyl (C=S) groups is 1. The van der Waals surface area contributed by atoms with Gasteiger partial charge >= 0.3 is 0 Å². The van der Waals surface area contributed by atoms with E-state index in [4.69, 9.17) is 12.2 Å². The van der Waals surface area contributed by atoms with Crippen LogP contribution in [0.25, 0.3) is 0 Å². The molecule has 2 nitrogen and oxygen atoms in total. The maximum Gasteiger partial charge on any atom is 0.167 e. The highest BCUT2D eigenvalue weighted by molar-refractivity contribution is 7.80. The molecule has 0 bridgehead atoms. The average molecular weight is 344 g/mol. The van der Waals surface area contributed by atoms with Crippen LogP contribution in [0.3, 0.4) is 0 Å². The molecule has 2 atom stereocenters. The molecule has 24 heavy (non-hydrogen) atoms. The Hall–Kier alpha value is -1.94. The summed E-state index contributed by atoms with van der Waals surface area (Å²) in [5.41, 5.74) is 3.56. The van der Waals surface area contributed by atoms with Gasteiger partial charge in [-0.15, -0.1) is 0 Å². The van der Waals surface area contributed by atoms with E-state index in [0.29, 0.717) is 17.6 Å². The van der Waals surface area contributed by atoms with Crippen LogP contribution < -0.4 is 10.6 Å². The van der Waals surface area contributed by atoms with Gasteiger partial charge < -0.3 is 10.6 Å². The molecule has 0 fully saturated rings. The summed E-state index contributed by atoms with van der Waals surface area (Å²) in [7, 11) is 0. The van der Waals surface area contributed by atoms with Crippen molar-refractivity contribution in [3.05, 3.63) is 71.0 Å². The highest BCUT2D eigenvalue weighted by atomic mass is 32.1. The van der Waals surface area contributed by atoms with Crippen LogP contribution in [0.2, 0.25) is 0 Å².